The van der Waals surface area contributed by atoms with E-state index in [0.29, 0.717) is 4.45 Å². The van der Waals surface area contributed by atoms with Gasteiger partial charge < -0.3 is 4.43 Å². The molecular weight excluding hydrogens is 328 g/mol. The molecule has 1 aromatic rings. The highest BCUT2D eigenvalue weighted by Gasteiger charge is 2.49. The van der Waals surface area contributed by atoms with Crippen LogP contribution in [0, 0.1) is 5.41 Å². The smallest absolute Gasteiger partial charge is 0.238 e. The molecule has 3 heteroatoms. The fraction of sp³-hybridized carbons (Fsp3) is 0.529. The van der Waals surface area contributed by atoms with Crippen molar-refractivity contribution in [3.63, 3.8) is 0 Å². The van der Waals surface area contributed by atoms with Crippen LogP contribution >= 0.6 is 15.9 Å². The summed E-state index contributed by atoms with van der Waals surface area (Å²) < 4.78 is 7.29. The molecule has 110 valence electrons. The normalized spacial score (nSPS) is 28.3. The third kappa shape index (κ3) is 3.10. The fourth-order valence-electron chi connectivity index (χ4n) is 2.98. The van der Waals surface area contributed by atoms with E-state index in [-0.39, 0.29) is 11.5 Å². The summed E-state index contributed by atoms with van der Waals surface area (Å²) in [6.45, 7) is 10.7. The molecule has 1 fully saturated rings. The van der Waals surface area contributed by atoms with E-state index in [1.54, 1.807) is 0 Å². The third-order valence-electron chi connectivity index (χ3n) is 4.18. The van der Waals surface area contributed by atoms with Gasteiger partial charge in [-0.1, -0.05) is 79.5 Å². The van der Waals surface area contributed by atoms with E-state index >= 15 is 0 Å². The summed E-state index contributed by atoms with van der Waals surface area (Å²) in [5.74, 6) is 0. The highest BCUT2D eigenvalue weighted by Crippen LogP contribution is 2.38. The molecule has 1 nitrogen and oxygen atoms in total. The molecule has 20 heavy (non-hydrogen) atoms. The Morgan fingerprint density at radius 2 is 2.00 bits per heavy atom. The van der Waals surface area contributed by atoms with E-state index < -0.39 is 8.32 Å². The quantitative estimate of drug-likeness (QED) is 0.438. The topological polar surface area (TPSA) is 9.23 Å². The second-order valence-corrected chi connectivity index (χ2v) is 12.5. The molecule has 1 aliphatic rings. The van der Waals surface area contributed by atoms with Crippen LogP contribution in [0.4, 0.5) is 0 Å². The lowest BCUT2D eigenvalue weighted by Gasteiger charge is -2.39. The van der Waals surface area contributed by atoms with Crippen molar-refractivity contribution < 1.29 is 4.43 Å². The minimum Gasteiger partial charge on any atom is -0.404 e. The van der Waals surface area contributed by atoms with Gasteiger partial charge in [-0.3, -0.25) is 0 Å². The highest BCUT2D eigenvalue weighted by molar-refractivity contribution is 9.10. The summed E-state index contributed by atoms with van der Waals surface area (Å²) in [5.41, 5.74) is 0.0891. The maximum atomic E-state index is 6.78. The van der Waals surface area contributed by atoms with Crippen LogP contribution in [0.2, 0.25) is 6.04 Å². The van der Waals surface area contributed by atoms with Gasteiger partial charge in [0.1, 0.15) is 0 Å². The molecule has 0 bridgehead atoms. The van der Waals surface area contributed by atoms with Gasteiger partial charge in [0.05, 0.1) is 6.10 Å². The van der Waals surface area contributed by atoms with E-state index in [1.807, 2.05) is 6.08 Å². The Morgan fingerprint density at radius 1 is 1.35 bits per heavy atom. The third-order valence-corrected chi connectivity index (χ3v) is 11.2. The van der Waals surface area contributed by atoms with Crippen molar-refractivity contribution in [1.82, 2.24) is 0 Å². The molecule has 1 heterocycles. The zero-order chi connectivity index (χ0) is 14.8. The molecule has 0 aliphatic carbocycles. The van der Waals surface area contributed by atoms with Gasteiger partial charge in [-0.15, -0.1) is 6.58 Å². The van der Waals surface area contributed by atoms with Crippen molar-refractivity contribution in [2.75, 3.05) is 0 Å². The van der Waals surface area contributed by atoms with Crippen LogP contribution < -0.4 is 5.19 Å². The summed E-state index contributed by atoms with van der Waals surface area (Å²) in [6.07, 6.45) is 4.56. The summed E-state index contributed by atoms with van der Waals surface area (Å²) in [4.78, 5) is 0. The Morgan fingerprint density at radius 3 is 2.45 bits per heavy atom. The molecule has 0 aromatic heterocycles. The van der Waals surface area contributed by atoms with E-state index in [0.717, 1.165) is 0 Å². The lowest BCUT2D eigenvalue weighted by Crippen LogP contribution is -2.58. The molecule has 0 N–H and O–H groups in total. The first-order valence-corrected chi connectivity index (χ1v) is 10.5. The van der Waals surface area contributed by atoms with Gasteiger partial charge >= 0.3 is 0 Å². The Labute approximate surface area is 132 Å². The van der Waals surface area contributed by atoms with Gasteiger partial charge in [0.15, 0.2) is 0 Å². The Balaban J connectivity index is 2.37. The molecule has 3 atom stereocenters. The van der Waals surface area contributed by atoms with Crippen LogP contribution in [0.5, 0.6) is 0 Å². The Kier molecular flexibility index (Phi) is 4.93. The Hall–Kier alpha value is -0.383. The second kappa shape index (κ2) is 6.16. The van der Waals surface area contributed by atoms with E-state index in [2.05, 4.69) is 73.6 Å². The van der Waals surface area contributed by atoms with Crippen LogP contribution in [0.25, 0.3) is 0 Å². The number of alkyl halides is 1. The number of rotatable bonds is 4. The molecule has 1 saturated heterocycles. The second-order valence-electron chi connectivity index (χ2n) is 6.76. The number of benzene rings is 1. The van der Waals surface area contributed by atoms with Crippen LogP contribution in [-0.4, -0.2) is 18.9 Å². The SMILES string of the molecule is C=C[C@H](O[Si@]1(c2ccccc2)CCCC1Br)C(C)(C)C. The highest BCUT2D eigenvalue weighted by atomic mass is 79.9. The zero-order valence-electron chi connectivity index (χ0n) is 12.7. The van der Waals surface area contributed by atoms with Gasteiger partial charge in [0.25, 0.3) is 0 Å². The lowest BCUT2D eigenvalue weighted by atomic mass is 9.89. The molecule has 2 rings (SSSR count). The van der Waals surface area contributed by atoms with Crippen LogP contribution in [0.1, 0.15) is 33.6 Å². The fourth-order valence-corrected chi connectivity index (χ4v) is 9.54. The maximum absolute atomic E-state index is 6.78. The first-order valence-electron chi connectivity index (χ1n) is 7.40. The largest absolute Gasteiger partial charge is 0.404 e. The summed E-state index contributed by atoms with van der Waals surface area (Å²) in [7, 11) is -1.96. The molecule has 1 aromatic carbocycles. The lowest BCUT2D eigenvalue weighted by molar-refractivity contribution is 0.122. The molecule has 1 aliphatic heterocycles. The summed E-state index contributed by atoms with van der Waals surface area (Å²) >= 11 is 3.93. The molecule has 0 radical (unpaired) electrons. The number of hydrogen-bond acceptors (Lipinski definition) is 1. The molecule has 1 unspecified atom stereocenters. The van der Waals surface area contributed by atoms with Crippen LogP contribution in [0.3, 0.4) is 0 Å². The predicted octanol–water partition coefficient (Wildman–Crippen LogP) is 4.55. The van der Waals surface area contributed by atoms with Gasteiger partial charge in [-0.05, 0) is 23.1 Å². The van der Waals surface area contributed by atoms with E-state index in [4.69, 9.17) is 4.43 Å². The zero-order valence-corrected chi connectivity index (χ0v) is 15.3. The summed E-state index contributed by atoms with van der Waals surface area (Å²) in [6, 6.07) is 12.0. The van der Waals surface area contributed by atoms with Crippen molar-refractivity contribution in [3.8, 4) is 0 Å². The average Bonchev–Trinajstić information content (AvgIpc) is 2.78. The van der Waals surface area contributed by atoms with Gasteiger partial charge in [0, 0.05) is 4.45 Å². The van der Waals surface area contributed by atoms with Gasteiger partial charge in [-0.25, -0.2) is 0 Å². The number of hydrogen-bond donors (Lipinski definition) is 0. The van der Waals surface area contributed by atoms with Crippen LogP contribution in [0.15, 0.2) is 43.0 Å². The van der Waals surface area contributed by atoms with Crippen molar-refractivity contribution in [2.45, 2.75) is 50.2 Å². The van der Waals surface area contributed by atoms with Crippen molar-refractivity contribution >= 4 is 29.4 Å². The van der Waals surface area contributed by atoms with Gasteiger partial charge in [-0.2, -0.15) is 0 Å². The standard InChI is InChI=1S/C17H25BrOSi/c1-5-15(17(2,3)4)19-20(13-9-12-16(20)18)14-10-7-6-8-11-14/h5-8,10-11,15-16H,1,9,12-13H2,2-4H3/t15-,16?,20-/m0/s1. The average molecular weight is 353 g/mol. The minimum absolute atomic E-state index is 0.0891. The van der Waals surface area contributed by atoms with Crippen molar-refractivity contribution in [2.24, 2.45) is 5.41 Å². The number of halogens is 1. The first kappa shape index (κ1) is 16.0. The van der Waals surface area contributed by atoms with Crippen molar-refractivity contribution in [3.05, 3.63) is 43.0 Å². The van der Waals surface area contributed by atoms with E-state index in [9.17, 15) is 0 Å². The summed E-state index contributed by atoms with van der Waals surface area (Å²) in [5, 5.41) is 1.41. The van der Waals surface area contributed by atoms with Crippen molar-refractivity contribution in [1.29, 1.82) is 0 Å². The Bertz CT molecular complexity index is 454. The van der Waals surface area contributed by atoms with Crippen LogP contribution in [-0.2, 0) is 4.43 Å². The molecular formula is C17H25BrOSi. The minimum atomic E-state index is -1.96. The monoisotopic (exact) mass is 352 g/mol. The molecule has 0 spiro atoms. The first-order chi connectivity index (χ1) is 9.40. The predicted molar refractivity (Wildman–Crippen MR) is 93.1 cm³/mol. The maximum Gasteiger partial charge on any atom is 0.238 e. The van der Waals surface area contributed by atoms with E-state index in [1.165, 1.54) is 24.1 Å². The molecule has 0 amide bonds. The molecule has 0 saturated carbocycles. The van der Waals surface area contributed by atoms with Gasteiger partial charge in [0.2, 0.25) is 8.32 Å².